The van der Waals surface area contributed by atoms with E-state index in [1.807, 2.05) is 0 Å². The highest BCUT2D eigenvalue weighted by Crippen LogP contribution is 2.25. The molecule has 0 saturated heterocycles. The molecule has 0 saturated carbocycles. The lowest BCUT2D eigenvalue weighted by Crippen LogP contribution is -2.45. The number of carbonyl (C=O) groups excluding carboxylic acids is 2. The number of hydrogen-bond acceptors (Lipinski definition) is 5. The van der Waals surface area contributed by atoms with Crippen LogP contribution in [-0.4, -0.2) is 33.8 Å². The first-order valence-electron chi connectivity index (χ1n) is 6.00. The maximum atomic E-state index is 11.9. The van der Waals surface area contributed by atoms with E-state index >= 15 is 0 Å². The van der Waals surface area contributed by atoms with E-state index in [1.165, 1.54) is 12.3 Å². The minimum atomic E-state index is -0.792. The first kappa shape index (κ1) is 16.8. The van der Waals surface area contributed by atoms with Crippen molar-refractivity contribution in [3.8, 4) is 0 Å². The van der Waals surface area contributed by atoms with Crippen LogP contribution in [0.1, 0.15) is 31.1 Å². The summed E-state index contributed by atoms with van der Waals surface area (Å²) in [4.78, 5) is 37.1. The highest BCUT2D eigenvalue weighted by molar-refractivity contribution is 6.32. The Labute approximate surface area is 126 Å². The second-order valence-corrected chi connectivity index (χ2v) is 5.59. The van der Waals surface area contributed by atoms with Gasteiger partial charge >= 0.3 is 5.69 Å². The molecule has 0 aromatic carbocycles. The van der Waals surface area contributed by atoms with E-state index in [0.717, 1.165) is 0 Å². The predicted octanol–water partition coefficient (Wildman–Crippen LogP) is 1.29. The van der Waals surface area contributed by atoms with Crippen LogP contribution in [0.25, 0.3) is 0 Å². The average molecular weight is 315 g/mol. The molecular weight excluding hydrogens is 300 g/mol. The number of nitrogens with zero attached hydrogens (tertiary/aromatic N) is 2. The molecule has 1 aromatic heterocycles. The van der Waals surface area contributed by atoms with Gasteiger partial charge in [-0.15, -0.1) is 0 Å². The van der Waals surface area contributed by atoms with Crippen LogP contribution in [0.3, 0.4) is 0 Å². The zero-order valence-corrected chi connectivity index (χ0v) is 12.5. The minimum absolute atomic E-state index is 0.247. The van der Waals surface area contributed by atoms with Crippen molar-refractivity contribution in [3.63, 3.8) is 0 Å². The molecule has 1 rings (SSSR count). The van der Waals surface area contributed by atoms with E-state index in [1.54, 1.807) is 20.8 Å². The summed E-state index contributed by atoms with van der Waals surface area (Å²) in [6.07, 6.45) is 1.18. The molecule has 0 radical (unpaired) electrons. The molecule has 0 aliphatic heterocycles. The van der Waals surface area contributed by atoms with E-state index in [-0.39, 0.29) is 17.3 Å². The fraction of sp³-hybridized carbons (Fsp3) is 0.417. The molecule has 21 heavy (non-hydrogen) atoms. The molecule has 0 aliphatic carbocycles. The van der Waals surface area contributed by atoms with E-state index in [2.05, 4.69) is 15.6 Å². The normalized spacial score (nSPS) is 10.9. The van der Waals surface area contributed by atoms with Crippen LogP contribution in [0.4, 0.5) is 5.69 Å². The van der Waals surface area contributed by atoms with Crippen molar-refractivity contribution in [2.24, 2.45) is 0 Å². The molecule has 114 valence electrons. The third-order valence-electron chi connectivity index (χ3n) is 2.23. The van der Waals surface area contributed by atoms with Gasteiger partial charge in [-0.1, -0.05) is 11.6 Å². The summed E-state index contributed by atoms with van der Waals surface area (Å²) < 4.78 is 0. The third-order valence-corrected chi connectivity index (χ3v) is 2.51. The van der Waals surface area contributed by atoms with E-state index in [4.69, 9.17) is 11.6 Å². The largest absolute Gasteiger partial charge is 0.350 e. The average Bonchev–Trinajstić information content (AvgIpc) is 2.33. The fourth-order valence-electron chi connectivity index (χ4n) is 1.50. The Morgan fingerprint density at radius 1 is 1.43 bits per heavy atom. The quantitative estimate of drug-likeness (QED) is 0.493. The molecule has 0 fully saturated rings. The van der Waals surface area contributed by atoms with Crippen LogP contribution in [0.5, 0.6) is 0 Å². The lowest BCUT2D eigenvalue weighted by atomic mass is 10.1. The fourth-order valence-corrected chi connectivity index (χ4v) is 1.73. The molecule has 1 heterocycles. The number of amides is 2. The van der Waals surface area contributed by atoms with Gasteiger partial charge in [-0.25, -0.2) is 4.98 Å². The lowest BCUT2D eigenvalue weighted by molar-refractivity contribution is -0.385. The number of nitro groups is 1. The van der Waals surface area contributed by atoms with Gasteiger partial charge in [0.1, 0.15) is 5.56 Å². The minimum Gasteiger partial charge on any atom is -0.350 e. The van der Waals surface area contributed by atoms with Gasteiger partial charge in [0.2, 0.25) is 11.1 Å². The summed E-state index contributed by atoms with van der Waals surface area (Å²) in [5.74, 6) is -1.17. The number of pyridine rings is 1. The molecule has 2 N–H and O–H groups in total. The molecule has 0 unspecified atom stereocenters. The number of halogens is 1. The van der Waals surface area contributed by atoms with Crippen molar-refractivity contribution in [1.82, 2.24) is 15.6 Å². The smallest absolute Gasteiger partial charge is 0.319 e. The first-order valence-corrected chi connectivity index (χ1v) is 6.37. The molecule has 2 amide bonds. The van der Waals surface area contributed by atoms with Crippen molar-refractivity contribution in [3.05, 3.63) is 33.1 Å². The first-order chi connectivity index (χ1) is 9.61. The molecule has 9 heteroatoms. The van der Waals surface area contributed by atoms with Crippen LogP contribution in [0.15, 0.2) is 12.3 Å². The van der Waals surface area contributed by atoms with Crippen molar-refractivity contribution in [1.29, 1.82) is 0 Å². The summed E-state index contributed by atoms with van der Waals surface area (Å²) in [5, 5.41) is 15.5. The van der Waals surface area contributed by atoms with Crippen LogP contribution in [-0.2, 0) is 4.79 Å². The second-order valence-electron chi connectivity index (χ2n) is 5.24. The van der Waals surface area contributed by atoms with Gasteiger partial charge in [0, 0.05) is 11.7 Å². The maximum absolute atomic E-state index is 11.9. The summed E-state index contributed by atoms with van der Waals surface area (Å²) in [6.45, 7) is 5.08. The highest BCUT2D eigenvalue weighted by Gasteiger charge is 2.25. The summed E-state index contributed by atoms with van der Waals surface area (Å²) in [5.41, 5.74) is -1.27. The Kier molecular flexibility index (Phi) is 5.20. The van der Waals surface area contributed by atoms with Crippen molar-refractivity contribution in [2.45, 2.75) is 26.3 Å². The molecule has 0 atom stereocenters. The Balaban J connectivity index is 2.80. The van der Waals surface area contributed by atoms with Gasteiger partial charge in [0.25, 0.3) is 5.91 Å². The van der Waals surface area contributed by atoms with Crippen LogP contribution in [0.2, 0.25) is 5.15 Å². The number of nitrogens with one attached hydrogen (secondary N) is 2. The van der Waals surface area contributed by atoms with Crippen molar-refractivity contribution >= 4 is 29.1 Å². The number of hydrogen-bond donors (Lipinski definition) is 2. The second kappa shape index (κ2) is 6.49. The predicted molar refractivity (Wildman–Crippen MR) is 76.1 cm³/mol. The lowest BCUT2D eigenvalue weighted by Gasteiger charge is -2.20. The SMILES string of the molecule is CC(C)(C)NC(=O)CNC(=O)c1ccnc(Cl)c1[N+](=O)[O-]. The Morgan fingerprint density at radius 2 is 2.05 bits per heavy atom. The van der Waals surface area contributed by atoms with E-state index in [9.17, 15) is 19.7 Å². The Morgan fingerprint density at radius 3 is 2.57 bits per heavy atom. The molecule has 0 aliphatic rings. The molecule has 8 nitrogen and oxygen atoms in total. The summed E-state index contributed by atoms with van der Waals surface area (Å²) in [7, 11) is 0. The Hall–Kier alpha value is -2.22. The van der Waals surface area contributed by atoms with Crippen LogP contribution in [0, 0.1) is 10.1 Å². The van der Waals surface area contributed by atoms with Crippen molar-refractivity contribution in [2.75, 3.05) is 6.54 Å². The number of rotatable bonds is 4. The zero-order valence-electron chi connectivity index (χ0n) is 11.8. The molecular formula is C12H15ClN4O4. The van der Waals surface area contributed by atoms with E-state index in [0.29, 0.717) is 0 Å². The van der Waals surface area contributed by atoms with Gasteiger partial charge in [0.05, 0.1) is 11.5 Å². The highest BCUT2D eigenvalue weighted by atomic mass is 35.5. The van der Waals surface area contributed by atoms with Gasteiger partial charge in [0.15, 0.2) is 0 Å². The number of carbonyl (C=O) groups is 2. The zero-order chi connectivity index (χ0) is 16.2. The van der Waals surface area contributed by atoms with Crippen LogP contribution >= 0.6 is 11.6 Å². The molecule has 0 spiro atoms. The molecule has 0 bridgehead atoms. The third kappa shape index (κ3) is 4.99. The topological polar surface area (TPSA) is 114 Å². The molecule has 1 aromatic rings. The van der Waals surface area contributed by atoms with Gasteiger partial charge in [-0.2, -0.15) is 0 Å². The van der Waals surface area contributed by atoms with Crippen LogP contribution < -0.4 is 10.6 Å². The summed E-state index contributed by atoms with van der Waals surface area (Å²) >= 11 is 5.61. The summed E-state index contributed by atoms with van der Waals surface area (Å²) in [6, 6.07) is 1.17. The van der Waals surface area contributed by atoms with Gasteiger partial charge < -0.3 is 10.6 Å². The van der Waals surface area contributed by atoms with E-state index < -0.39 is 28.0 Å². The van der Waals surface area contributed by atoms with Crippen molar-refractivity contribution < 1.29 is 14.5 Å². The monoisotopic (exact) mass is 314 g/mol. The van der Waals surface area contributed by atoms with Gasteiger partial charge in [-0.3, -0.25) is 19.7 Å². The Bertz CT molecular complexity index is 583. The maximum Gasteiger partial charge on any atom is 0.319 e. The number of aromatic nitrogens is 1. The van der Waals surface area contributed by atoms with Gasteiger partial charge in [-0.05, 0) is 26.8 Å². The standard InChI is InChI=1S/C12H15ClN4O4/c1-12(2,3)16-8(18)6-15-11(19)7-4-5-14-10(13)9(7)17(20)21/h4-5H,6H2,1-3H3,(H,15,19)(H,16,18).